The number of ether oxygens (including phenoxy) is 1. The summed E-state index contributed by atoms with van der Waals surface area (Å²) in [5, 5.41) is 0. The lowest BCUT2D eigenvalue weighted by Gasteiger charge is -2.37. The van der Waals surface area contributed by atoms with Crippen molar-refractivity contribution in [1.29, 1.82) is 0 Å². The largest absolute Gasteiger partial charge is 0.461 e. The molecule has 4 unspecified atom stereocenters. The van der Waals surface area contributed by atoms with Crippen molar-refractivity contribution < 1.29 is 23.9 Å². The summed E-state index contributed by atoms with van der Waals surface area (Å²) in [5.74, 6) is -0.546. The number of rotatable bonds is 6. The third kappa shape index (κ3) is 4.90. The van der Waals surface area contributed by atoms with E-state index in [1.165, 1.54) is 4.90 Å². The van der Waals surface area contributed by atoms with Gasteiger partial charge in [0.05, 0.1) is 6.42 Å². The fraction of sp³-hybridized carbons (Fsp3) is 0.810. The van der Waals surface area contributed by atoms with Gasteiger partial charge in [0.15, 0.2) is 0 Å². The molecule has 3 amide bonds. The van der Waals surface area contributed by atoms with Crippen LogP contribution >= 0.6 is 0 Å². The zero-order chi connectivity index (χ0) is 21.0. The average molecular weight is 408 g/mol. The van der Waals surface area contributed by atoms with E-state index in [0.29, 0.717) is 32.3 Å². The van der Waals surface area contributed by atoms with E-state index >= 15 is 0 Å². The van der Waals surface area contributed by atoms with E-state index in [0.717, 1.165) is 38.6 Å². The molecule has 0 aromatic heterocycles. The maximum absolute atomic E-state index is 13.0. The molecule has 0 spiro atoms. The van der Waals surface area contributed by atoms with Crippen LogP contribution in [0.3, 0.4) is 0 Å². The van der Waals surface area contributed by atoms with Gasteiger partial charge in [-0.1, -0.05) is 0 Å². The summed E-state index contributed by atoms with van der Waals surface area (Å²) in [4.78, 5) is 54.3. The molecule has 29 heavy (non-hydrogen) atoms. The smallest absolute Gasteiger partial charge is 0.329 e. The standard InChI is InChI=1S/C21H33N3O5/c1-15-7-3-4-11-23(15)20(27)17-8-6-12-24(17)19(26)13-16(2)29-21(28)18-9-5-10-22(18)14-25/h14-18H,3-13H2,1-2H3. The van der Waals surface area contributed by atoms with Gasteiger partial charge in [-0.2, -0.15) is 0 Å². The maximum Gasteiger partial charge on any atom is 0.329 e. The summed E-state index contributed by atoms with van der Waals surface area (Å²) in [6, 6.07) is -0.723. The minimum atomic E-state index is -0.589. The van der Waals surface area contributed by atoms with Gasteiger partial charge in [0, 0.05) is 25.7 Å². The second-order valence-electron chi connectivity index (χ2n) is 8.57. The fourth-order valence-corrected chi connectivity index (χ4v) is 4.79. The molecule has 3 aliphatic rings. The first-order valence-corrected chi connectivity index (χ1v) is 10.9. The van der Waals surface area contributed by atoms with Crippen LogP contribution in [0.2, 0.25) is 0 Å². The van der Waals surface area contributed by atoms with E-state index in [1.807, 2.05) is 4.90 Å². The lowest BCUT2D eigenvalue weighted by Crippen LogP contribution is -2.52. The average Bonchev–Trinajstić information content (AvgIpc) is 3.37. The second-order valence-corrected chi connectivity index (χ2v) is 8.57. The van der Waals surface area contributed by atoms with Crippen LogP contribution in [0.4, 0.5) is 0 Å². The van der Waals surface area contributed by atoms with Gasteiger partial charge in [-0.25, -0.2) is 4.79 Å². The van der Waals surface area contributed by atoms with Crippen molar-refractivity contribution in [2.75, 3.05) is 19.6 Å². The highest BCUT2D eigenvalue weighted by Gasteiger charge is 2.39. The molecule has 8 nitrogen and oxygen atoms in total. The predicted octanol–water partition coefficient (Wildman–Crippen LogP) is 1.32. The number of piperidine rings is 1. The molecule has 0 aliphatic carbocycles. The van der Waals surface area contributed by atoms with E-state index in [1.54, 1.807) is 11.8 Å². The van der Waals surface area contributed by atoms with Crippen molar-refractivity contribution >= 4 is 24.2 Å². The zero-order valence-electron chi connectivity index (χ0n) is 17.5. The minimum absolute atomic E-state index is 0.0544. The van der Waals surface area contributed by atoms with Gasteiger partial charge in [0.25, 0.3) is 0 Å². The second kappa shape index (κ2) is 9.59. The summed E-state index contributed by atoms with van der Waals surface area (Å²) in [6.45, 7) is 5.66. The molecule has 3 fully saturated rings. The van der Waals surface area contributed by atoms with Gasteiger partial charge in [-0.3, -0.25) is 14.4 Å². The Morgan fingerprint density at radius 1 is 0.966 bits per heavy atom. The van der Waals surface area contributed by atoms with Crippen molar-refractivity contribution in [2.24, 2.45) is 0 Å². The Morgan fingerprint density at radius 2 is 1.66 bits per heavy atom. The number of carbonyl (C=O) groups excluding carboxylic acids is 4. The normalized spacial score (nSPS) is 28.3. The number of carbonyl (C=O) groups is 4. The summed E-state index contributed by atoms with van der Waals surface area (Å²) >= 11 is 0. The Labute approximate surface area is 172 Å². The molecule has 0 aromatic carbocycles. The van der Waals surface area contributed by atoms with Crippen LogP contribution in [-0.2, 0) is 23.9 Å². The topological polar surface area (TPSA) is 87.2 Å². The van der Waals surface area contributed by atoms with E-state index in [2.05, 4.69) is 6.92 Å². The number of esters is 1. The highest BCUT2D eigenvalue weighted by molar-refractivity contribution is 5.89. The van der Waals surface area contributed by atoms with Crippen LogP contribution in [0, 0.1) is 0 Å². The number of amides is 3. The lowest BCUT2D eigenvalue weighted by atomic mass is 10.0. The third-order valence-electron chi connectivity index (χ3n) is 6.43. The molecule has 0 N–H and O–H groups in total. The van der Waals surface area contributed by atoms with Crippen molar-refractivity contribution in [2.45, 2.75) is 89.4 Å². The Hall–Kier alpha value is -2.12. The first-order chi connectivity index (χ1) is 13.9. The summed E-state index contributed by atoms with van der Waals surface area (Å²) in [7, 11) is 0. The Morgan fingerprint density at radius 3 is 2.38 bits per heavy atom. The van der Waals surface area contributed by atoms with Crippen LogP contribution in [0.15, 0.2) is 0 Å². The van der Waals surface area contributed by atoms with Gasteiger partial charge in [0.2, 0.25) is 18.2 Å². The molecule has 3 rings (SSSR count). The van der Waals surface area contributed by atoms with E-state index in [-0.39, 0.29) is 24.3 Å². The van der Waals surface area contributed by atoms with Gasteiger partial charge in [-0.15, -0.1) is 0 Å². The molecule has 0 bridgehead atoms. The molecule has 162 valence electrons. The van der Waals surface area contributed by atoms with Crippen LogP contribution in [0.5, 0.6) is 0 Å². The molecular weight excluding hydrogens is 374 g/mol. The Balaban J connectivity index is 1.54. The van der Waals surface area contributed by atoms with Crippen molar-refractivity contribution in [3.63, 3.8) is 0 Å². The molecular formula is C21H33N3O5. The molecule has 3 aliphatic heterocycles. The molecule has 0 aromatic rings. The molecule has 0 saturated carbocycles. The van der Waals surface area contributed by atoms with Crippen LogP contribution in [0.1, 0.15) is 65.2 Å². The quantitative estimate of drug-likeness (QED) is 0.490. The molecule has 3 saturated heterocycles. The van der Waals surface area contributed by atoms with Crippen molar-refractivity contribution in [3.05, 3.63) is 0 Å². The highest BCUT2D eigenvalue weighted by Crippen LogP contribution is 2.25. The third-order valence-corrected chi connectivity index (χ3v) is 6.43. The highest BCUT2D eigenvalue weighted by atomic mass is 16.5. The van der Waals surface area contributed by atoms with Crippen molar-refractivity contribution in [3.8, 4) is 0 Å². The number of hydrogen-bond acceptors (Lipinski definition) is 5. The molecule has 0 radical (unpaired) electrons. The Bertz CT molecular complexity index is 640. The maximum atomic E-state index is 13.0. The SMILES string of the molecule is CC(CC(=O)N1CCCC1C(=O)N1CCCCC1C)OC(=O)C1CCCN1C=O. The van der Waals surface area contributed by atoms with Crippen LogP contribution in [0.25, 0.3) is 0 Å². The van der Waals surface area contributed by atoms with Crippen LogP contribution in [-0.4, -0.2) is 82.8 Å². The first kappa shape index (κ1) is 21.6. The van der Waals surface area contributed by atoms with E-state index in [9.17, 15) is 19.2 Å². The van der Waals surface area contributed by atoms with Crippen molar-refractivity contribution in [1.82, 2.24) is 14.7 Å². The van der Waals surface area contributed by atoms with E-state index < -0.39 is 24.2 Å². The summed E-state index contributed by atoms with van der Waals surface area (Å²) in [6.07, 6.45) is 6.19. The fourth-order valence-electron chi connectivity index (χ4n) is 4.79. The molecule has 3 heterocycles. The lowest BCUT2D eigenvalue weighted by molar-refractivity contribution is -0.158. The number of likely N-dealkylation sites (tertiary alicyclic amines) is 3. The monoisotopic (exact) mass is 407 g/mol. The first-order valence-electron chi connectivity index (χ1n) is 10.9. The van der Waals surface area contributed by atoms with E-state index in [4.69, 9.17) is 4.74 Å². The summed E-state index contributed by atoms with van der Waals surface area (Å²) < 4.78 is 5.44. The van der Waals surface area contributed by atoms with Gasteiger partial charge >= 0.3 is 5.97 Å². The summed E-state index contributed by atoms with van der Waals surface area (Å²) in [5.41, 5.74) is 0. The zero-order valence-corrected chi connectivity index (χ0v) is 17.5. The van der Waals surface area contributed by atoms with Gasteiger partial charge in [-0.05, 0) is 58.8 Å². The molecule has 4 atom stereocenters. The Kier molecular flexibility index (Phi) is 7.14. The van der Waals surface area contributed by atoms with Crippen LogP contribution < -0.4 is 0 Å². The number of hydrogen-bond donors (Lipinski definition) is 0. The molecule has 8 heteroatoms. The predicted molar refractivity (Wildman–Crippen MR) is 106 cm³/mol. The minimum Gasteiger partial charge on any atom is -0.461 e. The van der Waals surface area contributed by atoms with Gasteiger partial charge < -0.3 is 19.4 Å². The number of nitrogens with zero attached hydrogens (tertiary/aromatic N) is 3. The van der Waals surface area contributed by atoms with Gasteiger partial charge in [0.1, 0.15) is 18.2 Å².